The van der Waals surface area contributed by atoms with Crippen LogP contribution in [-0.4, -0.2) is 13.2 Å². The maximum atomic E-state index is 14.5. The van der Waals surface area contributed by atoms with Crippen LogP contribution in [0.4, 0.5) is 30.2 Å². The van der Waals surface area contributed by atoms with Crippen molar-refractivity contribution in [3.05, 3.63) is 51.4 Å². The fourth-order valence-corrected chi connectivity index (χ4v) is 5.41. The van der Waals surface area contributed by atoms with Crippen LogP contribution in [0.25, 0.3) is 0 Å². The summed E-state index contributed by atoms with van der Waals surface area (Å²) < 4.78 is 70.6. The van der Waals surface area contributed by atoms with Crippen LogP contribution in [0.2, 0.25) is 0 Å². The Kier molecular flexibility index (Phi) is 6.67. The van der Waals surface area contributed by atoms with Crippen LogP contribution in [0.15, 0.2) is 30.3 Å². The Morgan fingerprint density at radius 3 is 2.34 bits per heavy atom. The molecule has 0 spiro atoms. The predicted octanol–water partition coefficient (Wildman–Crippen LogP) is 6.31. The highest BCUT2D eigenvalue weighted by atomic mass is 127. The molecule has 2 N–H and O–H groups in total. The Bertz CT molecular complexity index is 1010. The highest BCUT2D eigenvalue weighted by molar-refractivity contribution is 14.1. The first-order chi connectivity index (χ1) is 13.7. The van der Waals surface area contributed by atoms with E-state index in [1.807, 2.05) is 29.5 Å². The number of rotatable bonds is 9. The van der Waals surface area contributed by atoms with Gasteiger partial charge in [-0.05, 0) is 72.2 Å². The van der Waals surface area contributed by atoms with Gasteiger partial charge >= 0.3 is 0 Å². The average molecular weight is 538 g/mol. The zero-order chi connectivity index (χ0) is 21.2. The summed E-state index contributed by atoms with van der Waals surface area (Å²) in [7, 11) is -3.82. The first-order valence-electron chi connectivity index (χ1n) is 9.41. The molecule has 158 valence electrons. The van der Waals surface area contributed by atoms with Gasteiger partial charge in [-0.3, -0.25) is 4.72 Å². The average Bonchev–Trinajstić information content (AvgIpc) is 3.45. The standard InChI is InChI=1S/C20H22F3IN2O2S/c1-2-3-4-9-20(10-11-20)29(27,28)26-17-8-6-14(21)18(23)19(17)25-16-7-5-13(24)12-15(16)22/h5-8,12,25-26H,2-4,9-11H2,1H3. The molecule has 1 aliphatic rings. The van der Waals surface area contributed by atoms with E-state index in [-0.39, 0.29) is 11.4 Å². The topological polar surface area (TPSA) is 58.2 Å². The second kappa shape index (κ2) is 8.71. The van der Waals surface area contributed by atoms with Gasteiger partial charge in [0.15, 0.2) is 11.6 Å². The normalized spacial score (nSPS) is 15.2. The van der Waals surface area contributed by atoms with Gasteiger partial charge in [0.05, 0.1) is 16.1 Å². The molecule has 0 atom stereocenters. The van der Waals surface area contributed by atoms with E-state index in [9.17, 15) is 21.6 Å². The molecule has 0 heterocycles. The minimum absolute atomic E-state index is 0.0838. The molecule has 0 aromatic heterocycles. The molecule has 29 heavy (non-hydrogen) atoms. The van der Waals surface area contributed by atoms with Crippen molar-refractivity contribution in [1.82, 2.24) is 0 Å². The summed E-state index contributed by atoms with van der Waals surface area (Å²) in [5.41, 5.74) is -0.680. The Labute approximate surface area is 182 Å². The Balaban J connectivity index is 1.91. The first kappa shape index (κ1) is 22.2. The van der Waals surface area contributed by atoms with E-state index in [2.05, 4.69) is 10.0 Å². The Morgan fingerprint density at radius 2 is 1.72 bits per heavy atom. The minimum atomic E-state index is -3.82. The van der Waals surface area contributed by atoms with Crippen LogP contribution in [0, 0.1) is 21.0 Å². The van der Waals surface area contributed by atoms with Crippen molar-refractivity contribution in [3.63, 3.8) is 0 Å². The van der Waals surface area contributed by atoms with Crippen LogP contribution in [0.1, 0.15) is 45.4 Å². The van der Waals surface area contributed by atoms with E-state index >= 15 is 0 Å². The van der Waals surface area contributed by atoms with Crippen molar-refractivity contribution < 1.29 is 21.6 Å². The molecule has 0 saturated heterocycles. The van der Waals surface area contributed by atoms with E-state index in [1.54, 1.807) is 6.07 Å². The van der Waals surface area contributed by atoms with Crippen LogP contribution in [0.5, 0.6) is 0 Å². The van der Waals surface area contributed by atoms with Crippen molar-refractivity contribution in [1.29, 1.82) is 0 Å². The van der Waals surface area contributed by atoms with Gasteiger partial charge in [0.2, 0.25) is 10.0 Å². The maximum Gasteiger partial charge on any atom is 0.238 e. The van der Waals surface area contributed by atoms with E-state index in [0.29, 0.717) is 22.8 Å². The fraction of sp³-hybridized carbons (Fsp3) is 0.400. The van der Waals surface area contributed by atoms with E-state index in [0.717, 1.165) is 31.4 Å². The van der Waals surface area contributed by atoms with E-state index in [1.165, 1.54) is 12.1 Å². The maximum absolute atomic E-state index is 14.5. The van der Waals surface area contributed by atoms with E-state index in [4.69, 9.17) is 0 Å². The molecule has 0 radical (unpaired) electrons. The fourth-order valence-electron chi connectivity index (χ4n) is 3.23. The van der Waals surface area contributed by atoms with Gasteiger partial charge in [-0.1, -0.05) is 26.2 Å². The third-order valence-corrected chi connectivity index (χ3v) is 8.06. The molecule has 0 bridgehead atoms. The SMILES string of the molecule is CCCCCC1(S(=O)(=O)Nc2ccc(F)c(F)c2Nc2ccc(I)cc2F)CC1. The summed E-state index contributed by atoms with van der Waals surface area (Å²) in [6, 6.07) is 6.20. The molecular formula is C20H22F3IN2O2S. The van der Waals surface area contributed by atoms with Crippen molar-refractivity contribution in [2.75, 3.05) is 10.0 Å². The monoisotopic (exact) mass is 538 g/mol. The number of halogens is 4. The van der Waals surface area contributed by atoms with Gasteiger partial charge in [-0.2, -0.15) is 0 Å². The zero-order valence-electron chi connectivity index (χ0n) is 15.9. The summed E-state index contributed by atoms with van der Waals surface area (Å²) in [5, 5.41) is 2.50. The van der Waals surface area contributed by atoms with Crippen LogP contribution >= 0.6 is 22.6 Å². The van der Waals surface area contributed by atoms with E-state index < -0.39 is 37.9 Å². The first-order valence-corrected chi connectivity index (χ1v) is 12.0. The molecule has 0 unspecified atom stereocenters. The number of hydrogen-bond acceptors (Lipinski definition) is 3. The summed E-state index contributed by atoms with van der Waals surface area (Å²) in [6.45, 7) is 2.04. The highest BCUT2D eigenvalue weighted by Gasteiger charge is 2.54. The molecule has 1 aliphatic carbocycles. The second-order valence-corrected chi connectivity index (χ2v) is 10.6. The summed E-state index contributed by atoms with van der Waals surface area (Å²) in [5.74, 6) is -3.10. The highest BCUT2D eigenvalue weighted by Crippen LogP contribution is 2.48. The molecule has 2 aromatic carbocycles. The molecule has 2 aromatic rings. The molecule has 3 rings (SSSR count). The van der Waals surface area contributed by atoms with Crippen LogP contribution < -0.4 is 10.0 Å². The lowest BCUT2D eigenvalue weighted by molar-refractivity contribution is 0.512. The molecule has 1 fully saturated rings. The Hall–Kier alpha value is -1.49. The lowest BCUT2D eigenvalue weighted by atomic mass is 10.1. The summed E-state index contributed by atoms with van der Waals surface area (Å²) in [4.78, 5) is 0. The van der Waals surface area contributed by atoms with Crippen molar-refractivity contribution in [3.8, 4) is 0 Å². The lowest BCUT2D eigenvalue weighted by Gasteiger charge is -2.20. The third-order valence-electron chi connectivity index (χ3n) is 5.14. The van der Waals surface area contributed by atoms with Gasteiger partial charge in [0.25, 0.3) is 0 Å². The minimum Gasteiger partial charge on any atom is -0.349 e. The second-order valence-electron chi connectivity index (χ2n) is 7.28. The number of benzene rings is 2. The smallest absolute Gasteiger partial charge is 0.238 e. The number of unbranched alkanes of at least 4 members (excludes halogenated alkanes) is 2. The molecule has 4 nitrogen and oxygen atoms in total. The number of sulfonamides is 1. The molecular weight excluding hydrogens is 516 g/mol. The largest absolute Gasteiger partial charge is 0.349 e. The van der Waals surface area contributed by atoms with Gasteiger partial charge < -0.3 is 5.32 Å². The molecule has 0 aliphatic heterocycles. The van der Waals surface area contributed by atoms with Crippen molar-refractivity contribution in [2.45, 2.75) is 50.2 Å². The van der Waals surface area contributed by atoms with Gasteiger partial charge in [0.1, 0.15) is 11.5 Å². The van der Waals surface area contributed by atoms with Gasteiger partial charge in [-0.25, -0.2) is 21.6 Å². The predicted molar refractivity (Wildman–Crippen MR) is 117 cm³/mol. The third kappa shape index (κ3) is 4.82. The number of anilines is 3. The molecule has 0 amide bonds. The molecule has 9 heteroatoms. The van der Waals surface area contributed by atoms with Crippen molar-refractivity contribution in [2.24, 2.45) is 0 Å². The van der Waals surface area contributed by atoms with Gasteiger partial charge in [0, 0.05) is 3.57 Å². The van der Waals surface area contributed by atoms with Crippen LogP contribution in [0.3, 0.4) is 0 Å². The quantitative estimate of drug-likeness (QED) is 0.291. The van der Waals surface area contributed by atoms with Crippen LogP contribution in [-0.2, 0) is 10.0 Å². The summed E-state index contributed by atoms with van der Waals surface area (Å²) >= 11 is 1.93. The lowest BCUT2D eigenvalue weighted by Crippen LogP contribution is -2.30. The summed E-state index contributed by atoms with van der Waals surface area (Å²) in [6.07, 6.45) is 4.28. The number of hydrogen-bond donors (Lipinski definition) is 2. The van der Waals surface area contributed by atoms with Crippen molar-refractivity contribution >= 4 is 49.7 Å². The molecule has 1 saturated carbocycles. The zero-order valence-corrected chi connectivity index (χ0v) is 18.8. The van der Waals surface area contributed by atoms with Gasteiger partial charge in [-0.15, -0.1) is 0 Å². The Morgan fingerprint density at radius 1 is 1.03 bits per heavy atom. The number of nitrogens with one attached hydrogen (secondary N) is 2.